The standard InChI is InChI=1S/C10H12O2/c1-2-3-5-8-6-4-7-9(11)10(8)12/h3-7,11-12H,2H2,1H3. The SMILES string of the molecule is CCC=Cc1cccc(O)c1O. The van der Waals surface area contributed by atoms with E-state index in [1.807, 2.05) is 13.0 Å². The Balaban J connectivity index is 3.00. The van der Waals surface area contributed by atoms with E-state index in [2.05, 4.69) is 0 Å². The lowest BCUT2D eigenvalue weighted by molar-refractivity contribution is 0.403. The molecule has 2 nitrogen and oxygen atoms in total. The third kappa shape index (κ3) is 1.78. The molecule has 0 saturated heterocycles. The maximum absolute atomic E-state index is 9.32. The molecule has 0 aromatic heterocycles. The van der Waals surface area contributed by atoms with Gasteiger partial charge in [-0.05, 0) is 12.5 Å². The number of aromatic hydroxyl groups is 2. The molecule has 0 aliphatic carbocycles. The Labute approximate surface area is 71.8 Å². The van der Waals surface area contributed by atoms with E-state index in [-0.39, 0.29) is 11.5 Å². The number of phenolic OH excluding ortho intramolecular Hbond substituents is 2. The van der Waals surface area contributed by atoms with Crippen molar-refractivity contribution in [3.63, 3.8) is 0 Å². The Hall–Kier alpha value is -1.44. The van der Waals surface area contributed by atoms with E-state index in [1.54, 1.807) is 18.2 Å². The summed E-state index contributed by atoms with van der Waals surface area (Å²) in [5, 5.41) is 18.4. The van der Waals surface area contributed by atoms with Crippen molar-refractivity contribution in [1.82, 2.24) is 0 Å². The normalized spacial score (nSPS) is 10.8. The summed E-state index contributed by atoms with van der Waals surface area (Å²) >= 11 is 0. The first-order valence-electron chi connectivity index (χ1n) is 3.93. The zero-order valence-corrected chi connectivity index (χ0v) is 6.99. The Morgan fingerprint density at radius 3 is 2.75 bits per heavy atom. The van der Waals surface area contributed by atoms with E-state index in [1.165, 1.54) is 6.07 Å². The minimum absolute atomic E-state index is 0.0535. The summed E-state index contributed by atoms with van der Waals surface area (Å²) in [6.45, 7) is 2.01. The Kier molecular flexibility index (Phi) is 2.75. The summed E-state index contributed by atoms with van der Waals surface area (Å²) in [5.41, 5.74) is 0.650. The summed E-state index contributed by atoms with van der Waals surface area (Å²) in [4.78, 5) is 0. The van der Waals surface area contributed by atoms with Crippen molar-refractivity contribution >= 4 is 6.08 Å². The van der Waals surface area contributed by atoms with Gasteiger partial charge in [-0.2, -0.15) is 0 Å². The highest BCUT2D eigenvalue weighted by Crippen LogP contribution is 2.28. The molecular formula is C10H12O2. The molecule has 0 radical (unpaired) electrons. The first kappa shape index (κ1) is 8.65. The van der Waals surface area contributed by atoms with Crippen molar-refractivity contribution in [3.05, 3.63) is 29.8 Å². The predicted molar refractivity (Wildman–Crippen MR) is 49.1 cm³/mol. The minimum atomic E-state index is -0.0757. The monoisotopic (exact) mass is 164 g/mol. The summed E-state index contributed by atoms with van der Waals surface area (Å²) in [5.74, 6) is -0.129. The Bertz CT molecular complexity index is 290. The fourth-order valence-corrected chi connectivity index (χ4v) is 0.928. The quantitative estimate of drug-likeness (QED) is 0.659. The molecular weight excluding hydrogens is 152 g/mol. The van der Waals surface area contributed by atoms with Crippen LogP contribution in [-0.2, 0) is 0 Å². The van der Waals surface area contributed by atoms with Gasteiger partial charge in [-0.1, -0.05) is 31.2 Å². The van der Waals surface area contributed by atoms with Gasteiger partial charge in [-0.3, -0.25) is 0 Å². The fourth-order valence-electron chi connectivity index (χ4n) is 0.928. The Morgan fingerprint density at radius 1 is 1.33 bits per heavy atom. The number of hydrogen-bond donors (Lipinski definition) is 2. The summed E-state index contributed by atoms with van der Waals surface area (Å²) in [6.07, 6.45) is 4.62. The number of para-hydroxylation sites is 1. The lowest BCUT2D eigenvalue weighted by Gasteiger charge is -1.99. The van der Waals surface area contributed by atoms with E-state index in [9.17, 15) is 5.11 Å². The van der Waals surface area contributed by atoms with E-state index >= 15 is 0 Å². The summed E-state index contributed by atoms with van der Waals surface area (Å²) < 4.78 is 0. The van der Waals surface area contributed by atoms with Gasteiger partial charge < -0.3 is 10.2 Å². The average Bonchev–Trinajstić information content (AvgIpc) is 2.08. The molecule has 1 rings (SSSR count). The molecule has 12 heavy (non-hydrogen) atoms. The van der Waals surface area contributed by atoms with E-state index < -0.39 is 0 Å². The largest absolute Gasteiger partial charge is 0.504 e. The summed E-state index contributed by atoms with van der Waals surface area (Å²) in [7, 11) is 0. The van der Waals surface area contributed by atoms with Gasteiger partial charge in [0.1, 0.15) is 0 Å². The number of benzene rings is 1. The van der Waals surface area contributed by atoms with Crippen LogP contribution in [0.5, 0.6) is 11.5 Å². The molecule has 0 bridgehead atoms. The molecule has 0 amide bonds. The number of allylic oxidation sites excluding steroid dienone is 1. The van der Waals surface area contributed by atoms with Gasteiger partial charge in [0.25, 0.3) is 0 Å². The van der Waals surface area contributed by atoms with Crippen molar-refractivity contribution in [2.24, 2.45) is 0 Å². The second kappa shape index (κ2) is 3.81. The van der Waals surface area contributed by atoms with Crippen LogP contribution in [0.4, 0.5) is 0 Å². The fraction of sp³-hybridized carbons (Fsp3) is 0.200. The molecule has 0 heterocycles. The highest BCUT2D eigenvalue weighted by atomic mass is 16.3. The minimum Gasteiger partial charge on any atom is -0.504 e. The van der Waals surface area contributed by atoms with Crippen LogP contribution < -0.4 is 0 Å². The Morgan fingerprint density at radius 2 is 2.08 bits per heavy atom. The molecule has 1 aromatic rings. The molecule has 0 spiro atoms. The van der Waals surface area contributed by atoms with Gasteiger partial charge in [-0.25, -0.2) is 0 Å². The van der Waals surface area contributed by atoms with Crippen LogP contribution in [0.25, 0.3) is 6.08 Å². The van der Waals surface area contributed by atoms with Gasteiger partial charge >= 0.3 is 0 Å². The van der Waals surface area contributed by atoms with Crippen molar-refractivity contribution in [2.75, 3.05) is 0 Å². The molecule has 0 saturated carbocycles. The highest BCUT2D eigenvalue weighted by Gasteiger charge is 2.00. The molecule has 0 aliphatic heterocycles. The van der Waals surface area contributed by atoms with Gasteiger partial charge in [-0.15, -0.1) is 0 Å². The average molecular weight is 164 g/mol. The van der Waals surface area contributed by atoms with E-state index in [0.29, 0.717) is 5.56 Å². The van der Waals surface area contributed by atoms with Gasteiger partial charge in [0, 0.05) is 5.56 Å². The van der Waals surface area contributed by atoms with Crippen molar-refractivity contribution in [1.29, 1.82) is 0 Å². The lowest BCUT2D eigenvalue weighted by Crippen LogP contribution is -1.74. The second-order valence-electron chi connectivity index (χ2n) is 2.53. The predicted octanol–water partition coefficient (Wildman–Crippen LogP) is 2.52. The van der Waals surface area contributed by atoms with Crippen LogP contribution in [0.2, 0.25) is 0 Å². The highest BCUT2D eigenvalue weighted by molar-refractivity contribution is 5.60. The van der Waals surface area contributed by atoms with Crippen LogP contribution in [-0.4, -0.2) is 10.2 Å². The molecule has 1 aromatic carbocycles. The zero-order chi connectivity index (χ0) is 8.97. The molecule has 64 valence electrons. The zero-order valence-electron chi connectivity index (χ0n) is 6.99. The third-order valence-electron chi connectivity index (χ3n) is 1.58. The molecule has 0 unspecified atom stereocenters. The molecule has 2 heteroatoms. The number of rotatable bonds is 2. The van der Waals surface area contributed by atoms with Crippen LogP contribution >= 0.6 is 0 Å². The number of hydrogen-bond acceptors (Lipinski definition) is 2. The van der Waals surface area contributed by atoms with Crippen LogP contribution in [0.1, 0.15) is 18.9 Å². The van der Waals surface area contributed by atoms with Gasteiger partial charge in [0.15, 0.2) is 11.5 Å². The van der Waals surface area contributed by atoms with Crippen LogP contribution in [0.3, 0.4) is 0 Å². The van der Waals surface area contributed by atoms with Crippen LogP contribution in [0, 0.1) is 0 Å². The third-order valence-corrected chi connectivity index (χ3v) is 1.58. The summed E-state index contributed by atoms with van der Waals surface area (Å²) in [6, 6.07) is 4.91. The van der Waals surface area contributed by atoms with Crippen molar-refractivity contribution in [2.45, 2.75) is 13.3 Å². The smallest absolute Gasteiger partial charge is 0.164 e. The molecule has 0 fully saturated rings. The topological polar surface area (TPSA) is 40.5 Å². The molecule has 0 atom stereocenters. The molecule has 0 aliphatic rings. The van der Waals surface area contributed by atoms with Crippen LogP contribution in [0.15, 0.2) is 24.3 Å². The van der Waals surface area contributed by atoms with E-state index in [4.69, 9.17) is 5.11 Å². The van der Waals surface area contributed by atoms with Gasteiger partial charge in [0.05, 0.1) is 0 Å². The van der Waals surface area contributed by atoms with E-state index in [0.717, 1.165) is 6.42 Å². The van der Waals surface area contributed by atoms with Crippen molar-refractivity contribution in [3.8, 4) is 11.5 Å². The lowest BCUT2D eigenvalue weighted by atomic mass is 10.1. The van der Waals surface area contributed by atoms with Crippen molar-refractivity contribution < 1.29 is 10.2 Å². The maximum Gasteiger partial charge on any atom is 0.164 e. The second-order valence-corrected chi connectivity index (χ2v) is 2.53. The first-order chi connectivity index (χ1) is 5.75. The number of phenols is 2. The first-order valence-corrected chi connectivity index (χ1v) is 3.93. The van der Waals surface area contributed by atoms with Gasteiger partial charge in [0.2, 0.25) is 0 Å². The maximum atomic E-state index is 9.32. The molecule has 2 N–H and O–H groups in total.